The Kier molecular flexibility index (Phi) is 10.2. The van der Waals surface area contributed by atoms with Crippen molar-refractivity contribution in [2.75, 3.05) is 6.61 Å². The van der Waals surface area contributed by atoms with Gasteiger partial charge < -0.3 is 9.84 Å². The Bertz CT molecular complexity index is 295. The Morgan fingerprint density at radius 2 is 2.24 bits per heavy atom. The summed E-state index contributed by atoms with van der Waals surface area (Å²) in [5.74, 6) is 0. The molecule has 0 rings (SSSR count). The maximum Gasteiger partial charge on any atom is 0.233 e. The van der Waals surface area contributed by atoms with E-state index in [0.717, 1.165) is 12.8 Å². The van der Waals surface area contributed by atoms with Gasteiger partial charge in [0.15, 0.2) is 0 Å². The zero-order valence-corrected chi connectivity index (χ0v) is 13.6. The van der Waals surface area contributed by atoms with Crippen LogP contribution in [-0.2, 0) is 16.3 Å². The molecular formula is C11H23N2OPS2. The van der Waals surface area contributed by atoms with Gasteiger partial charge in [-0.05, 0) is 37.8 Å². The summed E-state index contributed by atoms with van der Waals surface area (Å²) in [5.41, 5.74) is -2.13. The molecule has 0 saturated carbocycles. The summed E-state index contributed by atoms with van der Waals surface area (Å²) in [5, 5.41) is 3.44. The van der Waals surface area contributed by atoms with Gasteiger partial charge >= 0.3 is 0 Å². The Labute approximate surface area is 114 Å². The lowest BCUT2D eigenvalue weighted by atomic mass is 10.4. The largest absolute Gasteiger partial charge is 0.353 e. The van der Waals surface area contributed by atoms with Crippen molar-refractivity contribution in [3.05, 3.63) is 12.3 Å². The highest BCUT2D eigenvalue weighted by Crippen LogP contribution is 2.63. The molecule has 0 aliphatic carbocycles. The third kappa shape index (κ3) is 8.83. The standard InChI is InChI=1S/C11H23N2OPS2/c1-5-8-12-10-13-15(16,14-9-6-2)17-11(4)7-3/h5,8,10-11H,6-7,9H2,1-4H3,(H,12,13,16). The zero-order chi connectivity index (χ0) is 13.1. The molecule has 6 heteroatoms. The van der Waals surface area contributed by atoms with Crippen LogP contribution in [0.2, 0.25) is 0 Å². The molecule has 0 radical (unpaired) electrons. The highest BCUT2D eigenvalue weighted by atomic mass is 32.9. The van der Waals surface area contributed by atoms with Crippen LogP contribution >= 0.6 is 17.0 Å². The molecule has 0 aromatic heterocycles. The molecule has 0 heterocycles. The SMILES string of the molecule is CC=CNC=NP(=S)(OCCC)SC(C)CC. The van der Waals surface area contributed by atoms with E-state index in [2.05, 4.69) is 30.9 Å². The second-order valence-corrected chi connectivity index (χ2v) is 10.3. The third-order valence-electron chi connectivity index (χ3n) is 1.88. The summed E-state index contributed by atoms with van der Waals surface area (Å²) >= 11 is 7.24. The molecule has 1 N–H and O–H groups in total. The lowest BCUT2D eigenvalue weighted by molar-refractivity contribution is 0.358. The van der Waals surface area contributed by atoms with Crippen molar-refractivity contribution in [1.29, 1.82) is 0 Å². The van der Waals surface area contributed by atoms with Gasteiger partial charge in [0.1, 0.15) is 0 Å². The van der Waals surface area contributed by atoms with Crippen LogP contribution in [0.15, 0.2) is 17.0 Å². The van der Waals surface area contributed by atoms with Crippen molar-refractivity contribution in [1.82, 2.24) is 5.32 Å². The number of hydrogen-bond donors (Lipinski definition) is 1. The lowest BCUT2D eigenvalue weighted by Crippen LogP contribution is -2.01. The second-order valence-electron chi connectivity index (χ2n) is 3.54. The highest BCUT2D eigenvalue weighted by Gasteiger charge is 2.19. The van der Waals surface area contributed by atoms with Crippen LogP contribution in [0.5, 0.6) is 0 Å². The Morgan fingerprint density at radius 1 is 1.53 bits per heavy atom. The van der Waals surface area contributed by atoms with Crippen LogP contribution < -0.4 is 5.32 Å². The summed E-state index contributed by atoms with van der Waals surface area (Å²) in [6, 6.07) is 0. The first kappa shape index (κ1) is 17.2. The Hall–Kier alpha value is 0.170. The average molecular weight is 294 g/mol. The van der Waals surface area contributed by atoms with Gasteiger partial charge in [0.25, 0.3) is 0 Å². The molecule has 3 nitrogen and oxygen atoms in total. The molecule has 0 aromatic rings. The quantitative estimate of drug-likeness (QED) is 0.390. The molecule has 0 fully saturated rings. The van der Waals surface area contributed by atoms with Crippen LogP contribution in [0.4, 0.5) is 0 Å². The summed E-state index contributed by atoms with van der Waals surface area (Å²) in [4.78, 5) is 0. The van der Waals surface area contributed by atoms with Crippen molar-refractivity contribution in [2.24, 2.45) is 4.76 Å². The van der Waals surface area contributed by atoms with Crippen molar-refractivity contribution >= 4 is 35.1 Å². The number of allylic oxidation sites excluding steroid dienone is 1. The molecule has 2 atom stereocenters. The van der Waals surface area contributed by atoms with E-state index in [-0.39, 0.29) is 0 Å². The lowest BCUT2D eigenvalue weighted by Gasteiger charge is -2.19. The maximum absolute atomic E-state index is 5.76. The molecule has 17 heavy (non-hydrogen) atoms. The van der Waals surface area contributed by atoms with Gasteiger partial charge in [0, 0.05) is 5.25 Å². The molecule has 100 valence electrons. The predicted octanol–water partition coefficient (Wildman–Crippen LogP) is 4.32. The van der Waals surface area contributed by atoms with E-state index >= 15 is 0 Å². The van der Waals surface area contributed by atoms with Crippen LogP contribution in [-0.4, -0.2) is 18.2 Å². The summed E-state index contributed by atoms with van der Waals surface area (Å²) in [6.45, 7) is 9.02. The van der Waals surface area contributed by atoms with Crippen molar-refractivity contribution in [2.45, 2.75) is 45.8 Å². The molecule has 0 saturated heterocycles. The van der Waals surface area contributed by atoms with E-state index in [0.29, 0.717) is 11.9 Å². The van der Waals surface area contributed by atoms with Crippen molar-refractivity contribution < 1.29 is 4.52 Å². The minimum atomic E-state index is -2.13. The molecular weight excluding hydrogens is 271 g/mol. The van der Waals surface area contributed by atoms with E-state index in [9.17, 15) is 0 Å². The van der Waals surface area contributed by atoms with E-state index < -0.39 is 5.62 Å². The summed E-state index contributed by atoms with van der Waals surface area (Å²) in [7, 11) is 0. The fourth-order valence-electron chi connectivity index (χ4n) is 0.843. The molecule has 2 unspecified atom stereocenters. The van der Waals surface area contributed by atoms with Gasteiger partial charge in [-0.15, -0.1) is 0 Å². The van der Waals surface area contributed by atoms with Crippen molar-refractivity contribution in [3.8, 4) is 0 Å². The van der Waals surface area contributed by atoms with Crippen LogP contribution in [0, 0.1) is 0 Å². The third-order valence-corrected chi connectivity index (χ3v) is 7.60. The number of hydrogen-bond acceptors (Lipinski definition) is 3. The maximum atomic E-state index is 5.76. The molecule has 0 bridgehead atoms. The molecule has 0 spiro atoms. The minimum absolute atomic E-state index is 0.483. The van der Waals surface area contributed by atoms with E-state index in [1.807, 2.05) is 19.2 Å². The second kappa shape index (κ2) is 10.1. The summed E-state index contributed by atoms with van der Waals surface area (Å²) < 4.78 is 10.2. The van der Waals surface area contributed by atoms with Crippen LogP contribution in [0.1, 0.15) is 40.5 Å². The van der Waals surface area contributed by atoms with Gasteiger partial charge in [-0.3, -0.25) is 0 Å². The average Bonchev–Trinajstić information content (AvgIpc) is 2.32. The molecule has 0 aromatic carbocycles. The van der Waals surface area contributed by atoms with Gasteiger partial charge in [-0.25, -0.2) is 4.76 Å². The van der Waals surface area contributed by atoms with Crippen LogP contribution in [0.3, 0.4) is 0 Å². The van der Waals surface area contributed by atoms with E-state index in [4.69, 9.17) is 16.3 Å². The topological polar surface area (TPSA) is 33.6 Å². The highest BCUT2D eigenvalue weighted by molar-refractivity contribution is 8.69. The number of nitrogens with one attached hydrogen (secondary N) is 1. The predicted molar refractivity (Wildman–Crippen MR) is 84.3 cm³/mol. The fourth-order valence-corrected chi connectivity index (χ4v) is 6.46. The van der Waals surface area contributed by atoms with Crippen molar-refractivity contribution in [3.63, 3.8) is 0 Å². The van der Waals surface area contributed by atoms with E-state index in [1.54, 1.807) is 17.7 Å². The van der Waals surface area contributed by atoms with Crippen LogP contribution in [0.25, 0.3) is 0 Å². The first-order valence-corrected chi connectivity index (χ1v) is 10.1. The molecule has 0 aliphatic heterocycles. The minimum Gasteiger partial charge on any atom is -0.353 e. The molecule has 0 aliphatic rings. The molecule has 0 amide bonds. The fraction of sp³-hybridized carbons (Fsp3) is 0.727. The number of rotatable bonds is 9. The van der Waals surface area contributed by atoms with Gasteiger partial charge in [-0.2, -0.15) is 0 Å². The number of nitrogens with zero attached hydrogens (tertiary/aromatic N) is 1. The van der Waals surface area contributed by atoms with Gasteiger partial charge in [0.2, 0.25) is 5.62 Å². The summed E-state index contributed by atoms with van der Waals surface area (Å²) in [6.07, 6.45) is 7.42. The Balaban J connectivity index is 4.48. The van der Waals surface area contributed by atoms with E-state index in [1.165, 1.54) is 0 Å². The van der Waals surface area contributed by atoms with Gasteiger partial charge in [0.05, 0.1) is 12.9 Å². The smallest absolute Gasteiger partial charge is 0.233 e. The van der Waals surface area contributed by atoms with Gasteiger partial charge in [-0.1, -0.05) is 38.2 Å². The Morgan fingerprint density at radius 3 is 2.76 bits per heavy atom. The normalized spacial score (nSPS) is 17.4. The zero-order valence-electron chi connectivity index (χ0n) is 11.0. The monoisotopic (exact) mass is 294 g/mol. The first-order valence-electron chi connectivity index (χ1n) is 5.92. The first-order chi connectivity index (χ1) is 8.08.